The number of aryl methyl sites for hydroxylation is 2. The Hall–Kier alpha value is -2.70. The molecule has 2 N–H and O–H groups in total. The quantitative estimate of drug-likeness (QED) is 0.824. The lowest BCUT2D eigenvalue weighted by molar-refractivity contribution is -0.274. The van der Waals surface area contributed by atoms with Crippen molar-refractivity contribution >= 4 is 17.3 Å². The van der Waals surface area contributed by atoms with Crippen LogP contribution in [0.3, 0.4) is 0 Å². The number of hydrogen-bond acceptors (Lipinski definition) is 3. The highest BCUT2D eigenvalue weighted by molar-refractivity contribution is 5.96. The lowest BCUT2D eigenvalue weighted by Crippen LogP contribution is -2.32. The van der Waals surface area contributed by atoms with Crippen LogP contribution in [0.25, 0.3) is 0 Å². The molecule has 0 aliphatic rings. The van der Waals surface area contributed by atoms with Gasteiger partial charge >= 0.3 is 6.36 Å². The van der Waals surface area contributed by atoms with Crippen LogP contribution in [0.5, 0.6) is 5.75 Å². The Bertz CT molecular complexity index is 743. The molecule has 0 spiro atoms. The zero-order chi connectivity index (χ0) is 18.6. The number of anilines is 2. The van der Waals surface area contributed by atoms with Crippen molar-refractivity contribution < 1.29 is 22.7 Å². The van der Waals surface area contributed by atoms with Crippen molar-refractivity contribution in [1.29, 1.82) is 0 Å². The molecule has 1 atom stereocenters. The average Bonchev–Trinajstić information content (AvgIpc) is 2.51. The second-order valence-electron chi connectivity index (χ2n) is 5.75. The minimum absolute atomic E-state index is 0.301. The molecule has 1 amide bonds. The summed E-state index contributed by atoms with van der Waals surface area (Å²) in [5.74, 6) is -0.641. The predicted molar refractivity (Wildman–Crippen MR) is 90.8 cm³/mol. The second-order valence-corrected chi connectivity index (χ2v) is 5.75. The first kappa shape index (κ1) is 18.6. The topological polar surface area (TPSA) is 50.4 Å². The van der Waals surface area contributed by atoms with Gasteiger partial charge in [0, 0.05) is 11.4 Å². The maximum absolute atomic E-state index is 12.2. The minimum Gasteiger partial charge on any atom is -0.406 e. The third kappa shape index (κ3) is 5.70. The first-order chi connectivity index (χ1) is 11.6. The summed E-state index contributed by atoms with van der Waals surface area (Å²) >= 11 is 0. The Morgan fingerprint density at radius 3 is 2.32 bits per heavy atom. The van der Waals surface area contributed by atoms with Gasteiger partial charge in [0.15, 0.2) is 0 Å². The second kappa shape index (κ2) is 7.46. The van der Waals surface area contributed by atoms with E-state index in [9.17, 15) is 18.0 Å². The molecule has 0 fully saturated rings. The summed E-state index contributed by atoms with van der Waals surface area (Å²) in [6, 6.07) is 10.4. The van der Waals surface area contributed by atoms with Crippen LogP contribution >= 0.6 is 0 Å². The van der Waals surface area contributed by atoms with Gasteiger partial charge < -0.3 is 15.4 Å². The molecule has 0 aliphatic carbocycles. The molecule has 25 heavy (non-hydrogen) atoms. The van der Waals surface area contributed by atoms with Gasteiger partial charge in [-0.25, -0.2) is 0 Å². The van der Waals surface area contributed by atoms with Crippen LogP contribution in [0, 0.1) is 13.8 Å². The number of halogens is 3. The number of alkyl halides is 3. The van der Waals surface area contributed by atoms with E-state index in [1.165, 1.54) is 12.1 Å². The molecular formula is C18H19F3N2O2. The fraction of sp³-hybridized carbons (Fsp3) is 0.278. The Kier molecular flexibility index (Phi) is 5.56. The van der Waals surface area contributed by atoms with Crippen molar-refractivity contribution in [3.63, 3.8) is 0 Å². The zero-order valence-electron chi connectivity index (χ0n) is 14.1. The maximum atomic E-state index is 12.2. The van der Waals surface area contributed by atoms with Crippen molar-refractivity contribution in [2.75, 3.05) is 10.6 Å². The summed E-state index contributed by atoms with van der Waals surface area (Å²) in [6.45, 7) is 5.60. The molecule has 0 saturated carbocycles. The standard InChI is InChI=1S/C18H19F3N2O2/c1-11-4-5-12(2)16(10-11)22-13(3)17(24)23-14-6-8-15(9-7-14)25-18(19,20)21/h4-10,13,22H,1-3H3,(H,23,24)/t13-/m1/s1. The van der Waals surface area contributed by atoms with Crippen molar-refractivity contribution in [2.24, 2.45) is 0 Å². The van der Waals surface area contributed by atoms with E-state index in [0.717, 1.165) is 28.9 Å². The third-order valence-corrected chi connectivity index (χ3v) is 3.51. The third-order valence-electron chi connectivity index (χ3n) is 3.51. The highest BCUT2D eigenvalue weighted by Gasteiger charge is 2.31. The van der Waals surface area contributed by atoms with Crippen molar-refractivity contribution in [3.05, 3.63) is 53.6 Å². The van der Waals surface area contributed by atoms with Gasteiger partial charge in [0.1, 0.15) is 11.8 Å². The first-order valence-corrected chi connectivity index (χ1v) is 7.64. The zero-order valence-corrected chi connectivity index (χ0v) is 14.1. The van der Waals surface area contributed by atoms with Crippen LogP contribution < -0.4 is 15.4 Å². The van der Waals surface area contributed by atoms with Gasteiger partial charge in [-0.1, -0.05) is 12.1 Å². The van der Waals surface area contributed by atoms with E-state index in [1.807, 2.05) is 32.0 Å². The summed E-state index contributed by atoms with van der Waals surface area (Å²) in [6.07, 6.45) is -4.74. The summed E-state index contributed by atoms with van der Waals surface area (Å²) in [7, 11) is 0. The van der Waals surface area contributed by atoms with E-state index in [0.29, 0.717) is 5.69 Å². The van der Waals surface area contributed by atoms with Crippen molar-refractivity contribution in [1.82, 2.24) is 0 Å². The molecule has 7 heteroatoms. The molecule has 2 rings (SSSR count). The molecule has 0 saturated heterocycles. The Balaban J connectivity index is 1.97. The van der Waals surface area contributed by atoms with Gasteiger partial charge in [-0.2, -0.15) is 0 Å². The molecule has 134 valence electrons. The maximum Gasteiger partial charge on any atom is 0.573 e. The van der Waals surface area contributed by atoms with E-state index >= 15 is 0 Å². The summed E-state index contributed by atoms with van der Waals surface area (Å²) in [5, 5.41) is 5.78. The van der Waals surface area contributed by atoms with Gasteiger partial charge in [0.2, 0.25) is 5.91 Å². The average molecular weight is 352 g/mol. The smallest absolute Gasteiger partial charge is 0.406 e. The van der Waals surface area contributed by atoms with E-state index in [-0.39, 0.29) is 11.7 Å². The van der Waals surface area contributed by atoms with Gasteiger partial charge in [0.25, 0.3) is 0 Å². The van der Waals surface area contributed by atoms with Gasteiger partial charge in [-0.15, -0.1) is 13.2 Å². The number of rotatable bonds is 5. The van der Waals surface area contributed by atoms with E-state index in [4.69, 9.17) is 0 Å². The van der Waals surface area contributed by atoms with Crippen LogP contribution in [0.2, 0.25) is 0 Å². The number of ether oxygens (including phenoxy) is 1. The highest BCUT2D eigenvalue weighted by Crippen LogP contribution is 2.24. The molecule has 0 bridgehead atoms. The molecule has 0 unspecified atom stereocenters. The fourth-order valence-electron chi connectivity index (χ4n) is 2.18. The van der Waals surface area contributed by atoms with E-state index in [2.05, 4.69) is 15.4 Å². The SMILES string of the molecule is Cc1ccc(C)c(N[C@H](C)C(=O)Nc2ccc(OC(F)(F)F)cc2)c1. The molecule has 4 nitrogen and oxygen atoms in total. The number of amides is 1. The number of hydrogen-bond donors (Lipinski definition) is 2. The summed E-state index contributed by atoms with van der Waals surface area (Å²) < 4.78 is 40.2. The summed E-state index contributed by atoms with van der Waals surface area (Å²) in [5.41, 5.74) is 3.32. The van der Waals surface area contributed by atoms with Crippen molar-refractivity contribution in [3.8, 4) is 5.75 Å². The van der Waals surface area contributed by atoms with Crippen LogP contribution in [0.1, 0.15) is 18.1 Å². The van der Waals surface area contributed by atoms with Crippen molar-refractivity contribution in [2.45, 2.75) is 33.2 Å². The van der Waals surface area contributed by atoms with Crippen LogP contribution in [-0.4, -0.2) is 18.3 Å². The Morgan fingerprint density at radius 1 is 1.08 bits per heavy atom. The van der Waals surface area contributed by atoms with Crippen LogP contribution in [0.15, 0.2) is 42.5 Å². The van der Waals surface area contributed by atoms with Crippen LogP contribution in [0.4, 0.5) is 24.5 Å². The molecule has 0 radical (unpaired) electrons. The molecule has 0 aliphatic heterocycles. The highest BCUT2D eigenvalue weighted by atomic mass is 19.4. The molecular weight excluding hydrogens is 333 g/mol. The van der Waals surface area contributed by atoms with Gasteiger partial charge in [-0.05, 0) is 62.2 Å². The van der Waals surface area contributed by atoms with Gasteiger partial charge in [-0.3, -0.25) is 4.79 Å². The lowest BCUT2D eigenvalue weighted by atomic mass is 10.1. The van der Waals surface area contributed by atoms with E-state index < -0.39 is 12.4 Å². The molecule has 2 aromatic rings. The number of carbonyl (C=O) groups is 1. The fourth-order valence-corrected chi connectivity index (χ4v) is 2.18. The lowest BCUT2D eigenvalue weighted by Gasteiger charge is -2.17. The Morgan fingerprint density at radius 2 is 1.72 bits per heavy atom. The molecule has 2 aromatic carbocycles. The molecule has 0 heterocycles. The number of carbonyl (C=O) groups excluding carboxylic acids is 1. The largest absolute Gasteiger partial charge is 0.573 e. The monoisotopic (exact) mass is 352 g/mol. The van der Waals surface area contributed by atoms with Gasteiger partial charge in [0.05, 0.1) is 0 Å². The predicted octanol–water partition coefficient (Wildman–Crippen LogP) is 4.64. The Labute approximate surface area is 144 Å². The minimum atomic E-state index is -4.74. The number of nitrogens with one attached hydrogen (secondary N) is 2. The first-order valence-electron chi connectivity index (χ1n) is 7.64. The summed E-state index contributed by atoms with van der Waals surface area (Å²) in [4.78, 5) is 12.2. The normalized spacial score (nSPS) is 12.4. The van der Waals surface area contributed by atoms with E-state index in [1.54, 1.807) is 6.92 Å². The van der Waals surface area contributed by atoms with Crippen LogP contribution in [-0.2, 0) is 4.79 Å². The number of benzene rings is 2. The molecule has 0 aromatic heterocycles.